The number of hydrogen-bond acceptors (Lipinski definition) is 6. The largest absolute Gasteiger partial charge is 0.497 e. The highest BCUT2D eigenvalue weighted by Gasteiger charge is 2.59. The van der Waals surface area contributed by atoms with Gasteiger partial charge in [0.05, 0.1) is 12.0 Å². The van der Waals surface area contributed by atoms with Crippen molar-refractivity contribution in [1.29, 1.82) is 0 Å². The zero-order chi connectivity index (χ0) is 18.8. The van der Waals surface area contributed by atoms with Crippen LogP contribution in [-0.4, -0.2) is 41.5 Å². The molecule has 0 atom stereocenters. The van der Waals surface area contributed by atoms with Gasteiger partial charge in [-0.1, -0.05) is 6.07 Å². The fraction of sp³-hybridized carbons (Fsp3) is 0.294. The third-order valence-electron chi connectivity index (χ3n) is 4.42. The molecule has 2 N–H and O–H groups in total. The summed E-state index contributed by atoms with van der Waals surface area (Å²) < 4.78 is 32.7. The third-order valence-corrected chi connectivity index (χ3v) is 6.35. The summed E-state index contributed by atoms with van der Waals surface area (Å²) in [4.78, 5) is 16.2. The molecule has 9 heteroatoms. The molecule has 1 aliphatic rings. The van der Waals surface area contributed by atoms with Crippen LogP contribution in [0.4, 0.5) is 0 Å². The Kier molecular flexibility index (Phi) is 4.94. The maximum Gasteiger partial charge on any atom is 0.264 e. The molecule has 0 aliphatic heterocycles. The summed E-state index contributed by atoms with van der Waals surface area (Å²) in [7, 11) is -2.51. The average Bonchev–Trinajstić information content (AvgIpc) is 3.48. The van der Waals surface area contributed by atoms with Crippen LogP contribution in [-0.2, 0) is 21.4 Å². The minimum absolute atomic E-state index is 0.0321. The van der Waals surface area contributed by atoms with Gasteiger partial charge in [0.15, 0.2) is 0 Å². The SMILES string of the molecule is COc1ccc(S(=O)(=O)N(Cc2cccnc2)C2(C(=O)NO)CC2)cc1. The van der Waals surface area contributed by atoms with E-state index < -0.39 is 21.5 Å². The van der Waals surface area contributed by atoms with Crippen molar-refractivity contribution in [3.05, 3.63) is 54.4 Å². The van der Waals surface area contributed by atoms with Crippen molar-refractivity contribution in [3.63, 3.8) is 0 Å². The van der Waals surface area contributed by atoms with Crippen LogP contribution in [0.3, 0.4) is 0 Å². The van der Waals surface area contributed by atoms with Gasteiger partial charge in [-0.05, 0) is 48.7 Å². The van der Waals surface area contributed by atoms with E-state index in [9.17, 15) is 13.2 Å². The van der Waals surface area contributed by atoms with Crippen molar-refractivity contribution >= 4 is 15.9 Å². The summed E-state index contributed by atoms with van der Waals surface area (Å²) in [6.07, 6.45) is 3.78. The molecule has 0 radical (unpaired) electrons. The molecule has 0 spiro atoms. The van der Waals surface area contributed by atoms with Crippen LogP contribution in [0.1, 0.15) is 18.4 Å². The number of rotatable bonds is 7. The third kappa shape index (κ3) is 3.28. The Morgan fingerprint density at radius 3 is 2.50 bits per heavy atom. The van der Waals surface area contributed by atoms with Gasteiger partial charge in [0.1, 0.15) is 11.3 Å². The van der Waals surface area contributed by atoms with E-state index in [0.717, 1.165) is 4.31 Å². The quantitative estimate of drug-likeness (QED) is 0.556. The molecule has 138 valence electrons. The Labute approximate surface area is 151 Å². The van der Waals surface area contributed by atoms with Crippen LogP contribution in [0.5, 0.6) is 5.75 Å². The molecule has 3 rings (SSSR count). The second-order valence-electron chi connectivity index (χ2n) is 6.02. The van der Waals surface area contributed by atoms with Crippen molar-refractivity contribution < 1.29 is 23.2 Å². The zero-order valence-corrected chi connectivity index (χ0v) is 14.9. The van der Waals surface area contributed by atoms with E-state index in [1.807, 2.05) is 0 Å². The number of benzene rings is 1. The van der Waals surface area contributed by atoms with Crippen molar-refractivity contribution in [2.75, 3.05) is 7.11 Å². The lowest BCUT2D eigenvalue weighted by atomic mass is 10.2. The van der Waals surface area contributed by atoms with E-state index >= 15 is 0 Å². The Morgan fingerprint density at radius 1 is 1.31 bits per heavy atom. The zero-order valence-electron chi connectivity index (χ0n) is 14.1. The van der Waals surface area contributed by atoms with Gasteiger partial charge >= 0.3 is 0 Å². The molecule has 1 saturated carbocycles. The second kappa shape index (κ2) is 7.02. The molecular formula is C17H19N3O5S. The molecule has 1 aromatic carbocycles. The van der Waals surface area contributed by atoms with E-state index in [1.165, 1.54) is 19.2 Å². The van der Waals surface area contributed by atoms with E-state index in [-0.39, 0.29) is 11.4 Å². The summed E-state index contributed by atoms with van der Waals surface area (Å²) in [6.45, 7) is -0.0321. The van der Waals surface area contributed by atoms with E-state index in [4.69, 9.17) is 9.94 Å². The molecule has 1 amide bonds. The van der Waals surface area contributed by atoms with Crippen molar-refractivity contribution in [3.8, 4) is 5.75 Å². The predicted molar refractivity (Wildman–Crippen MR) is 91.9 cm³/mol. The molecule has 0 bridgehead atoms. The summed E-state index contributed by atoms with van der Waals surface area (Å²) in [6, 6.07) is 9.37. The Hall–Kier alpha value is -2.49. The number of hydroxylamine groups is 1. The highest BCUT2D eigenvalue weighted by atomic mass is 32.2. The Morgan fingerprint density at radius 2 is 2.00 bits per heavy atom. The van der Waals surface area contributed by atoms with Crippen LogP contribution < -0.4 is 10.2 Å². The van der Waals surface area contributed by atoms with Crippen molar-refractivity contribution in [2.45, 2.75) is 29.8 Å². The van der Waals surface area contributed by atoms with Gasteiger partial charge in [0.25, 0.3) is 5.91 Å². The number of hydrogen-bond donors (Lipinski definition) is 2. The first-order valence-electron chi connectivity index (χ1n) is 7.94. The average molecular weight is 377 g/mol. The van der Waals surface area contributed by atoms with Gasteiger partial charge in [-0.15, -0.1) is 0 Å². The molecule has 1 heterocycles. The molecule has 8 nitrogen and oxygen atoms in total. The summed E-state index contributed by atoms with van der Waals surface area (Å²) in [5.74, 6) is -0.213. The highest BCUT2D eigenvalue weighted by molar-refractivity contribution is 7.89. The topological polar surface area (TPSA) is 109 Å². The summed E-state index contributed by atoms with van der Waals surface area (Å²) in [5, 5.41) is 9.08. The van der Waals surface area contributed by atoms with Crippen LogP contribution in [0.15, 0.2) is 53.7 Å². The molecule has 1 aliphatic carbocycles. The molecular weight excluding hydrogens is 358 g/mol. The number of methoxy groups -OCH3 is 1. The maximum absolute atomic E-state index is 13.2. The first kappa shape index (κ1) is 18.3. The van der Waals surface area contributed by atoms with Gasteiger partial charge in [0, 0.05) is 18.9 Å². The number of carbonyl (C=O) groups excluding carboxylic acids is 1. The summed E-state index contributed by atoms with van der Waals surface area (Å²) >= 11 is 0. The molecule has 1 aromatic heterocycles. The molecule has 0 unspecified atom stereocenters. The second-order valence-corrected chi connectivity index (χ2v) is 7.88. The normalized spacial score (nSPS) is 15.5. The number of nitrogens with one attached hydrogen (secondary N) is 1. The van der Waals surface area contributed by atoms with Crippen molar-refractivity contribution in [1.82, 2.24) is 14.8 Å². The molecule has 0 saturated heterocycles. The standard InChI is InChI=1S/C17H19N3O5S/c1-25-14-4-6-15(7-5-14)26(23,24)20(12-13-3-2-10-18-11-13)17(8-9-17)16(21)19-22/h2-7,10-11,22H,8-9,12H2,1H3,(H,19,21). The minimum atomic E-state index is -4.00. The van der Waals surface area contributed by atoms with Gasteiger partial charge in [-0.3, -0.25) is 15.0 Å². The lowest BCUT2D eigenvalue weighted by Gasteiger charge is -2.29. The predicted octanol–water partition coefficient (Wildman–Crippen LogP) is 1.32. The first-order valence-corrected chi connectivity index (χ1v) is 9.38. The van der Waals surface area contributed by atoms with Gasteiger partial charge in [-0.25, -0.2) is 13.9 Å². The summed E-state index contributed by atoms with van der Waals surface area (Å²) in [5.41, 5.74) is 0.933. The lowest BCUT2D eigenvalue weighted by molar-refractivity contribution is -0.134. The lowest BCUT2D eigenvalue weighted by Crippen LogP contribution is -2.50. The van der Waals surface area contributed by atoms with Gasteiger partial charge in [-0.2, -0.15) is 4.31 Å². The Balaban J connectivity index is 2.03. The van der Waals surface area contributed by atoms with E-state index in [0.29, 0.717) is 24.2 Å². The molecule has 1 fully saturated rings. The number of pyridine rings is 1. The number of carbonyl (C=O) groups is 1. The fourth-order valence-corrected chi connectivity index (χ4v) is 4.59. The van der Waals surface area contributed by atoms with Gasteiger partial charge < -0.3 is 4.74 Å². The minimum Gasteiger partial charge on any atom is -0.497 e. The fourth-order valence-electron chi connectivity index (χ4n) is 2.81. The monoisotopic (exact) mass is 377 g/mol. The van der Waals surface area contributed by atoms with Gasteiger partial charge in [0.2, 0.25) is 10.0 Å². The maximum atomic E-state index is 13.2. The molecule has 26 heavy (non-hydrogen) atoms. The number of amides is 1. The van der Waals surface area contributed by atoms with Crippen LogP contribution in [0, 0.1) is 0 Å². The van der Waals surface area contributed by atoms with Crippen LogP contribution in [0.25, 0.3) is 0 Å². The first-order chi connectivity index (χ1) is 12.4. The highest BCUT2D eigenvalue weighted by Crippen LogP contribution is 2.45. The number of sulfonamides is 1. The van der Waals surface area contributed by atoms with Crippen molar-refractivity contribution in [2.24, 2.45) is 0 Å². The number of ether oxygens (including phenoxy) is 1. The van der Waals surface area contributed by atoms with E-state index in [1.54, 1.807) is 42.1 Å². The van der Waals surface area contributed by atoms with Crippen LogP contribution >= 0.6 is 0 Å². The number of nitrogens with zero attached hydrogens (tertiary/aromatic N) is 2. The molecule has 2 aromatic rings. The smallest absolute Gasteiger partial charge is 0.264 e. The number of aromatic nitrogens is 1. The van der Waals surface area contributed by atoms with Crippen LogP contribution in [0.2, 0.25) is 0 Å². The van der Waals surface area contributed by atoms with E-state index in [2.05, 4.69) is 4.98 Å². The Bertz CT molecular complexity index is 880.